The molecule has 34 heavy (non-hydrogen) atoms. The lowest BCUT2D eigenvalue weighted by Gasteiger charge is -2.61. The fourth-order valence-electron chi connectivity index (χ4n) is 8.56. The van der Waals surface area contributed by atoms with E-state index >= 15 is 0 Å². The van der Waals surface area contributed by atoms with Crippen molar-refractivity contribution in [3.63, 3.8) is 0 Å². The molecule has 4 aliphatic rings. The van der Waals surface area contributed by atoms with Crippen LogP contribution in [-0.2, 0) is 19.1 Å². The second kappa shape index (κ2) is 8.60. The van der Waals surface area contributed by atoms with Crippen molar-refractivity contribution in [2.24, 2.45) is 34.5 Å². The molecule has 0 aromatic rings. The van der Waals surface area contributed by atoms with E-state index in [0.717, 1.165) is 50.5 Å². The minimum absolute atomic E-state index is 0.00324. The molecule has 4 nitrogen and oxygen atoms in total. The summed E-state index contributed by atoms with van der Waals surface area (Å²) in [6, 6.07) is 0. The first-order valence-corrected chi connectivity index (χ1v) is 13.3. The summed E-state index contributed by atoms with van der Waals surface area (Å²) in [7, 11) is 0. The zero-order valence-electron chi connectivity index (χ0n) is 21.8. The molecule has 0 heterocycles. The molecule has 0 bridgehead atoms. The molecule has 4 rings (SSSR count). The SMILES string of the molecule is C=C1C(=C)[C@@]2(C)C(=CC1=O)C(C)C[C@@H]1[C@@H]2CC[C@@]2(C)[C@H]1CC[C@]2(OC(=O)CCCCC)C(C)=O. The summed E-state index contributed by atoms with van der Waals surface area (Å²) in [6.45, 7) is 18.9. The van der Waals surface area contributed by atoms with Gasteiger partial charge in [0.1, 0.15) is 0 Å². The Bertz CT molecular complexity index is 972. The number of fused-ring (bicyclic) bond motifs is 5. The van der Waals surface area contributed by atoms with Crippen molar-refractivity contribution in [3.05, 3.63) is 36.0 Å². The van der Waals surface area contributed by atoms with Gasteiger partial charge in [0.25, 0.3) is 0 Å². The molecular weight excluding hydrogens is 424 g/mol. The molecule has 0 amide bonds. The number of Topliss-reactive ketones (excluding diaryl/α,β-unsaturated/α-hetero) is 1. The van der Waals surface area contributed by atoms with E-state index in [2.05, 4.69) is 40.9 Å². The molecule has 0 aliphatic heterocycles. The highest BCUT2D eigenvalue weighted by Gasteiger charge is 2.68. The van der Waals surface area contributed by atoms with Crippen LogP contribution in [0.5, 0.6) is 0 Å². The van der Waals surface area contributed by atoms with Gasteiger partial charge in [-0.25, -0.2) is 0 Å². The van der Waals surface area contributed by atoms with Crippen LogP contribution in [0.15, 0.2) is 36.0 Å². The Morgan fingerprint density at radius 1 is 1.12 bits per heavy atom. The number of ketones is 2. The molecule has 3 saturated carbocycles. The van der Waals surface area contributed by atoms with Gasteiger partial charge >= 0.3 is 5.97 Å². The van der Waals surface area contributed by atoms with Crippen molar-refractivity contribution < 1.29 is 19.1 Å². The number of carbonyl (C=O) groups is 3. The minimum atomic E-state index is -1.02. The first-order chi connectivity index (χ1) is 15.9. The van der Waals surface area contributed by atoms with Gasteiger partial charge in [-0.15, -0.1) is 0 Å². The lowest BCUT2D eigenvalue weighted by molar-refractivity contribution is -0.189. The highest BCUT2D eigenvalue weighted by molar-refractivity contribution is 6.09. The molecule has 0 aromatic carbocycles. The number of carbonyl (C=O) groups excluding carboxylic acids is 3. The van der Waals surface area contributed by atoms with Crippen LogP contribution in [0, 0.1) is 34.5 Å². The normalized spacial score (nSPS) is 41.3. The summed E-state index contributed by atoms with van der Waals surface area (Å²) >= 11 is 0. The summed E-state index contributed by atoms with van der Waals surface area (Å²) in [6.07, 6.45) is 9.35. The van der Waals surface area contributed by atoms with Gasteiger partial charge in [0.05, 0.1) is 0 Å². The van der Waals surface area contributed by atoms with Crippen molar-refractivity contribution >= 4 is 17.5 Å². The molecule has 1 unspecified atom stereocenters. The van der Waals surface area contributed by atoms with Gasteiger partial charge in [-0.3, -0.25) is 14.4 Å². The predicted octanol–water partition coefficient (Wildman–Crippen LogP) is 6.55. The van der Waals surface area contributed by atoms with E-state index in [4.69, 9.17) is 4.74 Å². The second-order valence-electron chi connectivity index (χ2n) is 11.9. The van der Waals surface area contributed by atoms with E-state index in [9.17, 15) is 14.4 Å². The lowest BCUT2D eigenvalue weighted by Crippen LogP contribution is -2.59. The third-order valence-corrected chi connectivity index (χ3v) is 10.5. The molecule has 4 aliphatic carbocycles. The average Bonchev–Trinajstić information content (AvgIpc) is 3.08. The monoisotopic (exact) mass is 466 g/mol. The number of ether oxygens (including phenoxy) is 1. The molecule has 4 heteroatoms. The van der Waals surface area contributed by atoms with E-state index < -0.39 is 5.60 Å². The maximum Gasteiger partial charge on any atom is 0.306 e. The lowest BCUT2D eigenvalue weighted by atomic mass is 9.43. The second-order valence-corrected chi connectivity index (χ2v) is 11.9. The number of hydrogen-bond acceptors (Lipinski definition) is 4. The molecule has 186 valence electrons. The van der Waals surface area contributed by atoms with Crippen molar-refractivity contribution in [2.75, 3.05) is 0 Å². The van der Waals surface area contributed by atoms with Crippen LogP contribution in [0.3, 0.4) is 0 Å². The first-order valence-electron chi connectivity index (χ1n) is 13.3. The van der Waals surface area contributed by atoms with Crippen molar-refractivity contribution in [3.8, 4) is 0 Å². The number of allylic oxidation sites excluding steroid dienone is 3. The summed E-state index contributed by atoms with van der Waals surface area (Å²) in [4.78, 5) is 38.6. The Hall–Kier alpha value is -1.97. The Labute approximate surface area is 205 Å². The molecule has 0 radical (unpaired) electrons. The first kappa shape index (κ1) is 25.1. The van der Waals surface area contributed by atoms with E-state index in [1.54, 1.807) is 6.92 Å². The quantitative estimate of drug-likeness (QED) is 0.253. The van der Waals surface area contributed by atoms with E-state index in [1.165, 1.54) is 5.57 Å². The maximum absolute atomic E-state index is 13.2. The van der Waals surface area contributed by atoms with Crippen LogP contribution in [0.1, 0.15) is 92.4 Å². The van der Waals surface area contributed by atoms with Gasteiger partial charge in [-0.2, -0.15) is 0 Å². The molecule has 3 fully saturated rings. The molecule has 7 atom stereocenters. The molecule has 0 aromatic heterocycles. The fourth-order valence-corrected chi connectivity index (χ4v) is 8.56. The van der Waals surface area contributed by atoms with Crippen LogP contribution >= 0.6 is 0 Å². The topological polar surface area (TPSA) is 60.4 Å². The van der Waals surface area contributed by atoms with Crippen LogP contribution < -0.4 is 0 Å². The van der Waals surface area contributed by atoms with Crippen molar-refractivity contribution in [1.82, 2.24) is 0 Å². The highest BCUT2D eigenvalue weighted by Crippen LogP contribution is 2.70. The van der Waals surface area contributed by atoms with Crippen molar-refractivity contribution in [2.45, 2.75) is 98.0 Å². The summed E-state index contributed by atoms with van der Waals surface area (Å²) in [5, 5.41) is 0. The zero-order valence-corrected chi connectivity index (χ0v) is 21.8. The van der Waals surface area contributed by atoms with Gasteiger partial charge in [0, 0.05) is 22.8 Å². The molecule has 0 spiro atoms. The summed E-state index contributed by atoms with van der Waals surface area (Å²) in [5.74, 6) is 1.09. The third-order valence-electron chi connectivity index (χ3n) is 10.5. The van der Waals surface area contributed by atoms with Crippen LogP contribution in [0.4, 0.5) is 0 Å². The number of hydrogen-bond donors (Lipinski definition) is 0. The Kier molecular flexibility index (Phi) is 6.36. The predicted molar refractivity (Wildman–Crippen MR) is 134 cm³/mol. The van der Waals surface area contributed by atoms with E-state index in [0.29, 0.717) is 36.2 Å². The highest BCUT2D eigenvalue weighted by atomic mass is 16.6. The van der Waals surface area contributed by atoms with Crippen LogP contribution in [0.25, 0.3) is 0 Å². The van der Waals surface area contributed by atoms with Gasteiger partial charge in [0.15, 0.2) is 17.2 Å². The van der Waals surface area contributed by atoms with Crippen molar-refractivity contribution in [1.29, 1.82) is 0 Å². The molecule has 0 saturated heterocycles. The Morgan fingerprint density at radius 2 is 1.79 bits per heavy atom. The fraction of sp³-hybridized carbons (Fsp3) is 0.700. The van der Waals surface area contributed by atoms with E-state index in [1.807, 2.05) is 6.08 Å². The Morgan fingerprint density at radius 3 is 2.44 bits per heavy atom. The molecule has 0 N–H and O–H groups in total. The Balaban J connectivity index is 1.68. The zero-order chi connectivity index (χ0) is 25.1. The summed E-state index contributed by atoms with van der Waals surface area (Å²) in [5.41, 5.74) is 0.970. The van der Waals surface area contributed by atoms with Gasteiger partial charge in [-0.05, 0) is 80.8 Å². The standard InChI is InChI=1S/C30H42O4/c1-8-9-10-11-27(33)34-30(21(5)31)15-13-23-22-16-18(2)25-17-26(32)19(3)20(4)29(25,7)24(22)12-14-28(23,30)6/h17-18,22-24H,3-4,8-16H2,1-2,5-7H3/t18?,22-,23-,24-,28-,29+,30-/m0/s1. The van der Waals surface area contributed by atoms with Gasteiger partial charge in [0.2, 0.25) is 0 Å². The van der Waals surface area contributed by atoms with E-state index in [-0.39, 0.29) is 34.3 Å². The smallest absolute Gasteiger partial charge is 0.306 e. The average molecular weight is 467 g/mol. The summed E-state index contributed by atoms with van der Waals surface area (Å²) < 4.78 is 6.19. The number of unbranched alkanes of at least 4 members (excludes halogenated alkanes) is 2. The third kappa shape index (κ3) is 3.34. The number of rotatable bonds is 6. The van der Waals surface area contributed by atoms with Gasteiger partial charge < -0.3 is 4.74 Å². The van der Waals surface area contributed by atoms with Gasteiger partial charge in [-0.1, -0.05) is 59.3 Å². The van der Waals surface area contributed by atoms with Crippen LogP contribution in [-0.4, -0.2) is 23.1 Å². The van der Waals surface area contributed by atoms with Crippen LogP contribution in [0.2, 0.25) is 0 Å². The molecular formula is C30H42O4. The number of esters is 1. The largest absolute Gasteiger partial charge is 0.450 e. The minimum Gasteiger partial charge on any atom is -0.450 e. The maximum atomic E-state index is 13.2.